The maximum absolute atomic E-state index is 13.2. The van der Waals surface area contributed by atoms with Crippen molar-refractivity contribution in [1.82, 2.24) is 29.1 Å². The van der Waals surface area contributed by atoms with Gasteiger partial charge in [0.1, 0.15) is 18.1 Å². The van der Waals surface area contributed by atoms with Crippen molar-refractivity contribution in [1.29, 1.82) is 0 Å². The highest BCUT2D eigenvalue weighted by Gasteiger charge is 2.34. The second-order valence-corrected chi connectivity index (χ2v) is 17.1. The summed E-state index contributed by atoms with van der Waals surface area (Å²) >= 11 is 0. The van der Waals surface area contributed by atoms with Crippen molar-refractivity contribution < 1.29 is 22.6 Å². The largest absolute Gasteiger partial charge is 0.480 e. The fraction of sp³-hybridized carbons (Fsp3) is 0.290. The summed E-state index contributed by atoms with van der Waals surface area (Å²) < 4.78 is 54.4. The van der Waals surface area contributed by atoms with Crippen molar-refractivity contribution >= 4 is 24.7 Å². The van der Waals surface area contributed by atoms with Crippen LogP contribution < -0.4 is 4.74 Å². The van der Waals surface area contributed by atoms with Gasteiger partial charge in [-0.15, -0.1) is 0 Å². The molecule has 12 heteroatoms. The minimum atomic E-state index is -4.52. The van der Waals surface area contributed by atoms with E-state index in [-0.39, 0.29) is 5.82 Å². The first-order chi connectivity index (χ1) is 20.4. The molecule has 0 amide bonds. The molecule has 5 aromatic rings. The Morgan fingerprint density at radius 1 is 1.02 bits per heavy atom. The van der Waals surface area contributed by atoms with Gasteiger partial charge in [-0.2, -0.15) is 13.2 Å². The molecule has 4 aromatic heterocycles. The number of aryl methyl sites for hydroxylation is 1. The van der Waals surface area contributed by atoms with Gasteiger partial charge in [0.25, 0.3) is 0 Å². The molecule has 0 atom stereocenters. The van der Waals surface area contributed by atoms with Crippen LogP contribution in [0.15, 0.2) is 67.8 Å². The Labute approximate surface area is 248 Å². The molecule has 4 heterocycles. The Hall–Kier alpha value is -4.29. The number of pyridine rings is 1. The number of hydrogen-bond acceptors (Lipinski definition) is 6. The van der Waals surface area contributed by atoms with E-state index in [2.05, 4.69) is 41.2 Å². The number of fused-ring (bicyclic) bond motifs is 1. The molecule has 8 nitrogen and oxygen atoms in total. The third kappa shape index (κ3) is 6.54. The molecule has 0 aliphatic heterocycles. The van der Waals surface area contributed by atoms with E-state index in [0.29, 0.717) is 47.3 Å². The van der Waals surface area contributed by atoms with Crippen molar-refractivity contribution in [3.63, 3.8) is 0 Å². The summed E-state index contributed by atoms with van der Waals surface area (Å²) in [6.07, 6.45) is 1.81. The maximum atomic E-state index is 13.2. The zero-order chi connectivity index (χ0) is 30.9. The van der Waals surface area contributed by atoms with Gasteiger partial charge in [0.15, 0.2) is 11.5 Å². The van der Waals surface area contributed by atoms with Gasteiger partial charge in [-0.1, -0.05) is 50.5 Å². The van der Waals surface area contributed by atoms with Crippen LogP contribution >= 0.6 is 0 Å². The lowest BCUT2D eigenvalue weighted by Gasteiger charge is -2.15. The average Bonchev–Trinajstić information content (AvgIpc) is 3.55. The molecule has 0 fully saturated rings. The second kappa shape index (κ2) is 11.8. The highest BCUT2D eigenvalue weighted by molar-refractivity contribution is 6.76. The van der Waals surface area contributed by atoms with Crippen LogP contribution in [-0.2, 0) is 24.7 Å². The third-order valence-corrected chi connectivity index (χ3v) is 8.74. The molecule has 0 spiro atoms. The minimum absolute atomic E-state index is 0.222. The molecule has 0 radical (unpaired) electrons. The lowest BCUT2D eigenvalue weighted by atomic mass is 9.99. The van der Waals surface area contributed by atoms with Crippen LogP contribution in [0.25, 0.3) is 39.4 Å². The number of methoxy groups -OCH3 is 1. The Morgan fingerprint density at radius 2 is 1.77 bits per heavy atom. The third-order valence-electron chi connectivity index (χ3n) is 7.03. The van der Waals surface area contributed by atoms with E-state index in [1.54, 1.807) is 44.8 Å². The van der Waals surface area contributed by atoms with Crippen LogP contribution in [0.1, 0.15) is 16.8 Å². The molecule has 224 valence electrons. The van der Waals surface area contributed by atoms with E-state index in [0.717, 1.165) is 28.9 Å². The Balaban J connectivity index is 1.51. The van der Waals surface area contributed by atoms with Gasteiger partial charge in [-0.3, -0.25) is 0 Å². The van der Waals surface area contributed by atoms with E-state index in [1.807, 2.05) is 29.0 Å². The number of imidazole rings is 1. The standard InChI is InChI=1S/C31H33F3N6O2Si/c1-20(21-9-11-22(12-10-21)29-37-26(18-39(29)2)31(32,33)34)24-17-40(19-42-14-15-43(4,5)6)25-16-36-28(38-27(24)25)23-8-7-13-35-30(23)41-3/h7-13,16-18H,1,14-15,19H2,2-6H3. The number of alkyl halides is 3. The molecule has 43 heavy (non-hydrogen) atoms. The van der Waals surface area contributed by atoms with Crippen LogP contribution in [0.3, 0.4) is 0 Å². The van der Waals surface area contributed by atoms with Gasteiger partial charge < -0.3 is 18.6 Å². The molecule has 0 aliphatic carbocycles. The van der Waals surface area contributed by atoms with E-state index in [9.17, 15) is 13.2 Å². The van der Waals surface area contributed by atoms with Crippen molar-refractivity contribution in [3.8, 4) is 28.7 Å². The van der Waals surface area contributed by atoms with Crippen LogP contribution in [0, 0.1) is 0 Å². The van der Waals surface area contributed by atoms with Gasteiger partial charge in [-0.05, 0) is 29.3 Å². The SMILES string of the molecule is C=C(c1ccc(-c2nc(C(F)(F)F)cn2C)cc1)c1cn(COCC[Si](C)(C)C)c2cnc(-c3cccnc3OC)nc12. The van der Waals surface area contributed by atoms with E-state index in [1.165, 1.54) is 4.57 Å². The van der Waals surface area contributed by atoms with E-state index in [4.69, 9.17) is 14.5 Å². The molecule has 0 saturated heterocycles. The topological polar surface area (TPSA) is 79.9 Å². The molecule has 0 unspecified atom stereocenters. The van der Waals surface area contributed by atoms with Gasteiger partial charge in [-0.25, -0.2) is 19.9 Å². The van der Waals surface area contributed by atoms with Crippen LogP contribution in [0.2, 0.25) is 25.7 Å². The number of halogens is 3. The first-order valence-electron chi connectivity index (χ1n) is 13.7. The van der Waals surface area contributed by atoms with Crippen LogP contribution in [0.5, 0.6) is 5.88 Å². The molecule has 5 rings (SSSR count). The molecule has 0 aliphatic rings. The van der Waals surface area contributed by atoms with Gasteiger partial charge in [0, 0.05) is 51.4 Å². The van der Waals surface area contributed by atoms with E-state index < -0.39 is 19.9 Å². The quantitative estimate of drug-likeness (QED) is 0.123. The zero-order valence-corrected chi connectivity index (χ0v) is 25.7. The van der Waals surface area contributed by atoms with Crippen molar-refractivity contribution in [2.24, 2.45) is 7.05 Å². The lowest BCUT2D eigenvalue weighted by Crippen LogP contribution is -2.21. The monoisotopic (exact) mass is 606 g/mol. The average molecular weight is 607 g/mol. The molecule has 0 bridgehead atoms. The first kappa shape index (κ1) is 30.2. The second-order valence-electron chi connectivity index (χ2n) is 11.5. The smallest absolute Gasteiger partial charge is 0.434 e. The summed E-state index contributed by atoms with van der Waals surface area (Å²) in [7, 11) is 1.83. The van der Waals surface area contributed by atoms with Gasteiger partial charge >= 0.3 is 6.18 Å². The maximum Gasteiger partial charge on any atom is 0.434 e. The summed E-state index contributed by atoms with van der Waals surface area (Å²) in [6.45, 7) is 12.3. The summed E-state index contributed by atoms with van der Waals surface area (Å²) in [5, 5.41) is 0. The Bertz CT molecular complexity index is 1770. The number of aromatic nitrogens is 6. The number of rotatable bonds is 10. The van der Waals surface area contributed by atoms with Crippen molar-refractivity contribution in [2.45, 2.75) is 38.6 Å². The highest BCUT2D eigenvalue weighted by atomic mass is 28.3. The van der Waals surface area contributed by atoms with E-state index >= 15 is 0 Å². The highest BCUT2D eigenvalue weighted by Crippen LogP contribution is 2.34. The number of nitrogens with zero attached hydrogens (tertiary/aromatic N) is 6. The normalized spacial score (nSPS) is 12.2. The lowest BCUT2D eigenvalue weighted by molar-refractivity contribution is -0.140. The minimum Gasteiger partial charge on any atom is -0.480 e. The number of hydrogen-bond donors (Lipinski definition) is 0. The summed E-state index contributed by atoms with van der Waals surface area (Å²) in [5.41, 5.74) is 3.99. The Morgan fingerprint density at radius 3 is 2.42 bits per heavy atom. The summed E-state index contributed by atoms with van der Waals surface area (Å²) in [5.74, 6) is 1.09. The predicted molar refractivity (Wildman–Crippen MR) is 163 cm³/mol. The zero-order valence-electron chi connectivity index (χ0n) is 24.7. The van der Waals surface area contributed by atoms with Crippen LogP contribution in [-0.4, -0.2) is 50.9 Å². The molecule has 0 saturated carbocycles. The fourth-order valence-electron chi connectivity index (χ4n) is 4.64. The molecular weight excluding hydrogens is 573 g/mol. The van der Waals surface area contributed by atoms with Gasteiger partial charge in [0.2, 0.25) is 5.88 Å². The first-order valence-corrected chi connectivity index (χ1v) is 17.4. The predicted octanol–water partition coefficient (Wildman–Crippen LogP) is 7.30. The number of ether oxygens (including phenoxy) is 2. The fourth-order valence-corrected chi connectivity index (χ4v) is 5.40. The van der Waals surface area contributed by atoms with Crippen molar-refractivity contribution in [2.75, 3.05) is 13.7 Å². The Kier molecular flexibility index (Phi) is 8.26. The molecular formula is C31H33F3N6O2Si. The molecule has 0 N–H and O–H groups in total. The summed E-state index contributed by atoms with van der Waals surface area (Å²) in [4.78, 5) is 17.6. The van der Waals surface area contributed by atoms with Crippen LogP contribution in [0.4, 0.5) is 13.2 Å². The van der Waals surface area contributed by atoms with Gasteiger partial charge in [0.05, 0.1) is 24.4 Å². The summed E-state index contributed by atoms with van der Waals surface area (Å²) in [6, 6.07) is 11.8. The van der Waals surface area contributed by atoms with Crippen molar-refractivity contribution in [3.05, 3.63) is 84.6 Å². The molecule has 1 aromatic carbocycles. The number of benzene rings is 1.